The first-order chi connectivity index (χ1) is 14.9. The number of ketones is 1. The van der Waals surface area contributed by atoms with Crippen molar-refractivity contribution in [3.05, 3.63) is 65.7 Å². The number of benzene rings is 1. The molecule has 1 aromatic carbocycles. The van der Waals surface area contributed by atoms with E-state index in [0.29, 0.717) is 29.4 Å². The molecule has 9 heteroatoms. The summed E-state index contributed by atoms with van der Waals surface area (Å²) >= 11 is 6.06. The van der Waals surface area contributed by atoms with Crippen molar-refractivity contribution < 1.29 is 14.4 Å². The number of carbonyl (C=O) groups is 3. The minimum atomic E-state index is -1.08. The molecule has 1 unspecified atom stereocenters. The lowest BCUT2D eigenvalue weighted by atomic mass is 10.0. The molecular formula is C22H22ClN5O3. The van der Waals surface area contributed by atoms with Crippen LogP contribution in [0.5, 0.6) is 0 Å². The van der Waals surface area contributed by atoms with Crippen LogP contribution in [0.25, 0.3) is 17.1 Å². The summed E-state index contributed by atoms with van der Waals surface area (Å²) in [5.74, 6) is -2.09. The van der Waals surface area contributed by atoms with E-state index < -0.39 is 23.6 Å². The second-order valence-electron chi connectivity index (χ2n) is 6.95. The topological polar surface area (TPSA) is 120 Å². The zero-order chi connectivity index (χ0) is 22.4. The molecule has 2 heterocycles. The average Bonchev–Trinajstić information content (AvgIpc) is 3.26. The zero-order valence-electron chi connectivity index (χ0n) is 16.9. The third kappa shape index (κ3) is 5.35. The predicted octanol–water partition coefficient (Wildman–Crippen LogP) is 2.93. The Morgan fingerprint density at radius 2 is 2.00 bits per heavy atom. The molecule has 2 amide bonds. The second kappa shape index (κ2) is 9.99. The van der Waals surface area contributed by atoms with Crippen LogP contribution in [0, 0.1) is 0 Å². The van der Waals surface area contributed by atoms with Crippen LogP contribution in [0.3, 0.4) is 0 Å². The maximum Gasteiger partial charge on any atom is 0.287 e. The number of hydrogen-bond acceptors (Lipinski definition) is 5. The van der Waals surface area contributed by atoms with E-state index in [4.69, 9.17) is 17.3 Å². The van der Waals surface area contributed by atoms with Gasteiger partial charge in [0.15, 0.2) is 5.82 Å². The molecule has 3 aromatic rings. The van der Waals surface area contributed by atoms with Gasteiger partial charge in [-0.25, -0.2) is 9.97 Å². The molecule has 0 saturated heterocycles. The number of amides is 2. The number of aromatic nitrogens is 3. The number of hydrogen-bond donors (Lipinski definition) is 2. The number of carbonyl (C=O) groups excluding carboxylic acids is 3. The Balaban J connectivity index is 1.88. The van der Waals surface area contributed by atoms with Crippen molar-refractivity contribution in [2.45, 2.75) is 32.2 Å². The van der Waals surface area contributed by atoms with Crippen molar-refractivity contribution >= 4 is 29.2 Å². The fourth-order valence-corrected chi connectivity index (χ4v) is 3.29. The second-order valence-corrected chi connectivity index (χ2v) is 7.38. The molecule has 0 spiro atoms. The van der Waals surface area contributed by atoms with Gasteiger partial charge in [-0.2, -0.15) is 0 Å². The monoisotopic (exact) mass is 439 g/mol. The molecule has 3 rings (SSSR count). The summed E-state index contributed by atoms with van der Waals surface area (Å²) in [6.07, 6.45) is 6.61. The fraction of sp³-hybridized carbons (Fsp3) is 0.227. The Kier molecular flexibility index (Phi) is 7.15. The minimum absolute atomic E-state index is 0.233. The van der Waals surface area contributed by atoms with E-state index in [0.717, 1.165) is 12.0 Å². The molecule has 31 heavy (non-hydrogen) atoms. The van der Waals surface area contributed by atoms with Gasteiger partial charge in [0.05, 0.1) is 17.3 Å². The number of unbranched alkanes of at least 4 members (excludes halogenated alkanes) is 1. The van der Waals surface area contributed by atoms with E-state index in [1.54, 1.807) is 47.6 Å². The molecule has 0 saturated carbocycles. The first-order valence-electron chi connectivity index (χ1n) is 9.80. The molecule has 160 valence electrons. The van der Waals surface area contributed by atoms with E-state index in [2.05, 4.69) is 15.3 Å². The molecule has 0 aliphatic rings. The molecule has 1 atom stereocenters. The predicted molar refractivity (Wildman–Crippen MR) is 117 cm³/mol. The molecule has 0 radical (unpaired) electrons. The number of pyridine rings is 1. The number of imidazole rings is 1. The lowest BCUT2D eigenvalue weighted by Crippen LogP contribution is -2.46. The van der Waals surface area contributed by atoms with Gasteiger partial charge in [-0.3, -0.25) is 19.0 Å². The summed E-state index contributed by atoms with van der Waals surface area (Å²) < 4.78 is 1.61. The Morgan fingerprint density at radius 3 is 2.71 bits per heavy atom. The van der Waals surface area contributed by atoms with Crippen molar-refractivity contribution in [2.75, 3.05) is 0 Å². The highest BCUT2D eigenvalue weighted by Crippen LogP contribution is 2.22. The molecule has 3 N–H and O–H groups in total. The van der Waals surface area contributed by atoms with E-state index in [1.807, 2.05) is 19.1 Å². The highest BCUT2D eigenvalue weighted by Gasteiger charge is 2.26. The molecule has 0 aliphatic carbocycles. The summed E-state index contributed by atoms with van der Waals surface area (Å²) in [6.45, 7) is 1.95. The molecule has 0 bridgehead atoms. The molecular weight excluding hydrogens is 418 g/mol. The molecule has 2 aromatic heterocycles. The largest absolute Gasteiger partial charge is 0.363 e. The smallest absolute Gasteiger partial charge is 0.287 e. The van der Waals surface area contributed by atoms with Crippen molar-refractivity contribution in [1.29, 1.82) is 0 Å². The number of primary amides is 1. The summed E-state index contributed by atoms with van der Waals surface area (Å²) in [4.78, 5) is 45.1. The van der Waals surface area contributed by atoms with Gasteiger partial charge in [0.2, 0.25) is 5.78 Å². The first-order valence-corrected chi connectivity index (χ1v) is 10.2. The highest BCUT2D eigenvalue weighted by atomic mass is 35.5. The molecule has 0 aliphatic heterocycles. The third-order valence-corrected chi connectivity index (χ3v) is 4.92. The van der Waals surface area contributed by atoms with Crippen LogP contribution in [-0.2, 0) is 9.59 Å². The third-order valence-electron chi connectivity index (χ3n) is 4.69. The van der Waals surface area contributed by atoms with E-state index in [1.165, 1.54) is 0 Å². The van der Waals surface area contributed by atoms with Gasteiger partial charge in [-0.1, -0.05) is 43.5 Å². The van der Waals surface area contributed by atoms with Crippen LogP contribution in [0.4, 0.5) is 0 Å². The van der Waals surface area contributed by atoms with Crippen LogP contribution >= 0.6 is 11.6 Å². The Morgan fingerprint density at radius 1 is 1.19 bits per heavy atom. The van der Waals surface area contributed by atoms with Crippen molar-refractivity contribution in [3.8, 4) is 17.1 Å². The Bertz CT molecular complexity index is 1110. The maximum absolute atomic E-state index is 13.0. The standard InChI is InChI=1S/C22H22ClN5O3/c1-2-3-9-17(19(29)20(24)30)27-22(31)16-8-5-10-25-21(16)28-12-18(26-13-28)14-6-4-7-15(23)11-14/h4-8,10-13,17H,2-3,9H2,1H3,(H2,24,30)(H,27,31). The number of nitrogens with one attached hydrogen (secondary N) is 1. The first kappa shape index (κ1) is 22.2. The van der Waals surface area contributed by atoms with E-state index >= 15 is 0 Å². The summed E-state index contributed by atoms with van der Waals surface area (Å²) in [5.41, 5.74) is 6.85. The highest BCUT2D eigenvalue weighted by molar-refractivity contribution is 6.38. The van der Waals surface area contributed by atoms with Gasteiger partial charge in [0.25, 0.3) is 11.8 Å². The van der Waals surface area contributed by atoms with Gasteiger partial charge < -0.3 is 11.1 Å². The number of Topliss-reactive ketones (excluding diaryl/α,β-unsaturated/α-hetero) is 1. The number of rotatable bonds is 9. The quantitative estimate of drug-likeness (QED) is 0.496. The van der Waals surface area contributed by atoms with Gasteiger partial charge in [-0.15, -0.1) is 0 Å². The van der Waals surface area contributed by atoms with Crippen molar-refractivity contribution in [1.82, 2.24) is 19.9 Å². The van der Waals surface area contributed by atoms with Gasteiger partial charge in [0, 0.05) is 23.0 Å². The van der Waals surface area contributed by atoms with Gasteiger partial charge in [-0.05, 0) is 30.7 Å². The van der Waals surface area contributed by atoms with Crippen molar-refractivity contribution in [2.24, 2.45) is 5.73 Å². The van der Waals surface area contributed by atoms with Gasteiger partial charge in [0.1, 0.15) is 6.33 Å². The number of nitrogens with two attached hydrogens (primary N) is 1. The van der Waals surface area contributed by atoms with Crippen LogP contribution in [0.15, 0.2) is 55.1 Å². The maximum atomic E-state index is 13.0. The molecule has 0 fully saturated rings. The van der Waals surface area contributed by atoms with Crippen LogP contribution in [-0.4, -0.2) is 38.2 Å². The zero-order valence-corrected chi connectivity index (χ0v) is 17.7. The number of halogens is 1. The molecule has 8 nitrogen and oxygen atoms in total. The van der Waals surface area contributed by atoms with Gasteiger partial charge >= 0.3 is 0 Å². The van der Waals surface area contributed by atoms with Crippen LogP contribution in [0.1, 0.15) is 36.5 Å². The average molecular weight is 440 g/mol. The van der Waals surface area contributed by atoms with E-state index in [-0.39, 0.29) is 5.56 Å². The Hall–Kier alpha value is -3.52. The summed E-state index contributed by atoms with van der Waals surface area (Å²) in [7, 11) is 0. The SMILES string of the molecule is CCCCC(NC(=O)c1cccnc1-n1cnc(-c2cccc(Cl)c2)c1)C(=O)C(N)=O. The van der Waals surface area contributed by atoms with Crippen LogP contribution in [0.2, 0.25) is 5.02 Å². The lowest BCUT2D eigenvalue weighted by Gasteiger charge is -2.17. The van der Waals surface area contributed by atoms with Crippen LogP contribution < -0.4 is 11.1 Å². The van der Waals surface area contributed by atoms with E-state index in [9.17, 15) is 14.4 Å². The fourth-order valence-electron chi connectivity index (χ4n) is 3.10. The lowest BCUT2D eigenvalue weighted by molar-refractivity contribution is -0.137. The summed E-state index contributed by atoms with van der Waals surface area (Å²) in [6, 6.07) is 9.47. The number of nitrogens with zero attached hydrogens (tertiary/aromatic N) is 3. The normalized spacial score (nSPS) is 11.7. The minimum Gasteiger partial charge on any atom is -0.363 e. The van der Waals surface area contributed by atoms with Crippen molar-refractivity contribution in [3.63, 3.8) is 0 Å². The Labute approximate surface area is 184 Å². The summed E-state index contributed by atoms with van der Waals surface area (Å²) in [5, 5.41) is 3.21.